The van der Waals surface area contributed by atoms with Crippen LogP contribution in [-0.2, 0) is 13.2 Å². The predicted molar refractivity (Wildman–Crippen MR) is 81.7 cm³/mol. The van der Waals surface area contributed by atoms with E-state index in [0.717, 1.165) is 17.8 Å². The highest BCUT2D eigenvalue weighted by Crippen LogP contribution is 2.17. The number of aromatic nitrogens is 3. The van der Waals surface area contributed by atoms with Crippen LogP contribution in [0.1, 0.15) is 27.6 Å². The van der Waals surface area contributed by atoms with Crippen LogP contribution < -0.4 is 10.1 Å². The molecule has 0 aliphatic rings. The molecule has 0 atom stereocenters. The van der Waals surface area contributed by atoms with Gasteiger partial charge in [0, 0.05) is 17.8 Å². The van der Waals surface area contributed by atoms with Gasteiger partial charge >= 0.3 is 0 Å². The molecule has 0 spiro atoms. The van der Waals surface area contributed by atoms with Gasteiger partial charge in [-0.05, 0) is 25.1 Å². The number of hydrogen-bond acceptors (Lipinski definition) is 5. The van der Waals surface area contributed by atoms with Gasteiger partial charge in [0.25, 0.3) is 5.91 Å². The summed E-state index contributed by atoms with van der Waals surface area (Å²) in [5.74, 6) is -1.99. The van der Waals surface area contributed by atoms with Crippen LogP contribution in [0.3, 0.4) is 0 Å². The molecular weight excluding hydrogens is 334 g/mol. The van der Waals surface area contributed by atoms with Crippen LogP contribution in [0.15, 0.2) is 34.9 Å². The number of rotatable bonds is 6. The maximum atomic E-state index is 13.1. The smallest absolute Gasteiger partial charge is 0.273 e. The van der Waals surface area contributed by atoms with Crippen LogP contribution in [0.5, 0.6) is 5.75 Å². The van der Waals surface area contributed by atoms with Gasteiger partial charge in [0.05, 0.1) is 12.2 Å². The Bertz CT molecular complexity index is 891. The number of carbonyl (C=O) groups excluding carboxylic acids is 1. The lowest BCUT2D eigenvalue weighted by Crippen LogP contribution is -2.23. The van der Waals surface area contributed by atoms with Crippen LogP contribution in [0.2, 0.25) is 0 Å². The molecule has 2 aromatic heterocycles. The van der Waals surface area contributed by atoms with Gasteiger partial charge in [0.1, 0.15) is 12.4 Å². The second kappa shape index (κ2) is 7.12. The molecule has 0 saturated heterocycles. The van der Waals surface area contributed by atoms with Crippen LogP contribution in [-0.4, -0.2) is 21.3 Å². The average Bonchev–Trinajstić information content (AvgIpc) is 3.23. The van der Waals surface area contributed by atoms with Gasteiger partial charge in [-0.15, -0.1) is 0 Å². The molecule has 2 N–H and O–H groups in total. The third-order valence-corrected chi connectivity index (χ3v) is 3.25. The number of aromatic amines is 1. The zero-order valence-electron chi connectivity index (χ0n) is 13.2. The fourth-order valence-electron chi connectivity index (χ4n) is 2.04. The lowest BCUT2D eigenvalue weighted by molar-refractivity contribution is 0.0941. The first kappa shape index (κ1) is 16.6. The van der Waals surface area contributed by atoms with Crippen molar-refractivity contribution < 1.29 is 22.8 Å². The van der Waals surface area contributed by atoms with E-state index in [1.807, 2.05) is 13.0 Å². The summed E-state index contributed by atoms with van der Waals surface area (Å²) >= 11 is 0. The van der Waals surface area contributed by atoms with Crippen LogP contribution in [0, 0.1) is 18.6 Å². The number of benzene rings is 1. The predicted octanol–water partition coefficient (Wildman–Crippen LogP) is 2.49. The van der Waals surface area contributed by atoms with E-state index in [1.165, 1.54) is 12.1 Å². The molecule has 9 heteroatoms. The van der Waals surface area contributed by atoms with Crippen molar-refractivity contribution in [3.05, 3.63) is 64.8 Å². The Balaban J connectivity index is 1.54. The van der Waals surface area contributed by atoms with Gasteiger partial charge in [0.2, 0.25) is 0 Å². The Hall–Kier alpha value is -3.23. The Morgan fingerprint density at radius 1 is 1.28 bits per heavy atom. The fraction of sp³-hybridized carbons (Fsp3) is 0.188. The molecule has 7 nitrogen and oxygen atoms in total. The quantitative estimate of drug-likeness (QED) is 0.714. The Morgan fingerprint density at radius 3 is 2.84 bits per heavy atom. The number of nitrogens with one attached hydrogen (secondary N) is 2. The van der Waals surface area contributed by atoms with Crippen molar-refractivity contribution in [1.29, 1.82) is 0 Å². The van der Waals surface area contributed by atoms with Gasteiger partial charge in [-0.3, -0.25) is 9.89 Å². The number of halogens is 2. The normalized spacial score (nSPS) is 10.7. The van der Waals surface area contributed by atoms with E-state index in [0.29, 0.717) is 5.69 Å². The Labute approximate surface area is 141 Å². The minimum absolute atomic E-state index is 0.0795. The third-order valence-electron chi connectivity index (χ3n) is 3.25. The molecule has 3 rings (SSSR count). The Kier molecular flexibility index (Phi) is 4.73. The molecular formula is C16H14F2N4O3. The van der Waals surface area contributed by atoms with Crippen molar-refractivity contribution in [2.45, 2.75) is 20.1 Å². The third kappa shape index (κ3) is 4.19. The second-order valence-electron chi connectivity index (χ2n) is 5.27. The molecule has 0 unspecified atom stereocenters. The van der Waals surface area contributed by atoms with E-state index in [-0.39, 0.29) is 30.4 Å². The molecule has 0 bridgehead atoms. The van der Waals surface area contributed by atoms with Crippen LogP contribution >= 0.6 is 0 Å². The van der Waals surface area contributed by atoms with Crippen molar-refractivity contribution in [3.63, 3.8) is 0 Å². The van der Waals surface area contributed by atoms with E-state index in [9.17, 15) is 13.6 Å². The molecule has 0 aliphatic heterocycles. The molecule has 1 amide bonds. The van der Waals surface area contributed by atoms with Crippen molar-refractivity contribution in [2.24, 2.45) is 0 Å². The number of amides is 1. The summed E-state index contributed by atoms with van der Waals surface area (Å²) in [6.07, 6.45) is 0. The Morgan fingerprint density at radius 2 is 2.12 bits per heavy atom. The van der Waals surface area contributed by atoms with E-state index >= 15 is 0 Å². The molecule has 1 aromatic carbocycles. The summed E-state index contributed by atoms with van der Waals surface area (Å²) in [4.78, 5) is 12.0. The molecule has 130 valence electrons. The molecule has 0 radical (unpaired) electrons. The molecule has 25 heavy (non-hydrogen) atoms. The van der Waals surface area contributed by atoms with Gasteiger partial charge in [-0.1, -0.05) is 5.16 Å². The number of aryl methyl sites for hydroxylation is 1. The standard InChI is InChI=1S/C16H14F2N4O3/c1-9-4-10(21-20-9)7-19-16(23)15-6-12(25-22-15)8-24-11-2-3-13(17)14(18)5-11/h2-6H,7-8H2,1H3,(H,19,23)(H,20,21). The zero-order valence-corrected chi connectivity index (χ0v) is 13.2. The summed E-state index contributed by atoms with van der Waals surface area (Å²) in [7, 11) is 0. The SMILES string of the molecule is Cc1cc(CNC(=O)c2cc(COc3ccc(F)c(F)c3)on2)n[nH]1. The monoisotopic (exact) mass is 348 g/mol. The number of ether oxygens (including phenoxy) is 1. The number of hydrogen-bond donors (Lipinski definition) is 2. The highest BCUT2D eigenvalue weighted by Gasteiger charge is 2.13. The highest BCUT2D eigenvalue weighted by atomic mass is 19.2. The molecule has 0 saturated carbocycles. The minimum Gasteiger partial charge on any atom is -0.485 e. The second-order valence-corrected chi connectivity index (χ2v) is 5.27. The van der Waals surface area contributed by atoms with Gasteiger partial charge in [-0.25, -0.2) is 8.78 Å². The minimum atomic E-state index is -1.01. The highest BCUT2D eigenvalue weighted by molar-refractivity contribution is 5.92. The van der Waals surface area contributed by atoms with Crippen LogP contribution in [0.4, 0.5) is 8.78 Å². The maximum absolute atomic E-state index is 13.1. The topological polar surface area (TPSA) is 93.0 Å². The van der Waals surface area contributed by atoms with Crippen LogP contribution in [0.25, 0.3) is 0 Å². The van der Waals surface area contributed by atoms with Crippen molar-refractivity contribution in [3.8, 4) is 5.75 Å². The van der Waals surface area contributed by atoms with E-state index in [4.69, 9.17) is 9.26 Å². The first-order chi connectivity index (χ1) is 12.0. The average molecular weight is 348 g/mol. The van der Waals surface area contributed by atoms with Gasteiger partial charge in [0.15, 0.2) is 23.1 Å². The first-order valence-corrected chi connectivity index (χ1v) is 7.34. The summed E-state index contributed by atoms with van der Waals surface area (Å²) in [5.41, 5.74) is 1.66. The molecule has 0 fully saturated rings. The van der Waals surface area contributed by atoms with E-state index < -0.39 is 17.5 Å². The first-order valence-electron chi connectivity index (χ1n) is 7.34. The number of nitrogens with zero attached hydrogens (tertiary/aromatic N) is 2. The summed E-state index contributed by atoms with van der Waals surface area (Å²) in [5, 5.41) is 13.1. The summed E-state index contributed by atoms with van der Waals surface area (Å²) < 4.78 is 36.2. The van der Waals surface area contributed by atoms with Gasteiger partial charge < -0.3 is 14.6 Å². The summed E-state index contributed by atoms with van der Waals surface area (Å²) in [6, 6.07) is 6.38. The molecule has 0 aliphatic carbocycles. The molecule has 2 heterocycles. The largest absolute Gasteiger partial charge is 0.485 e. The molecule has 3 aromatic rings. The van der Waals surface area contributed by atoms with Crippen molar-refractivity contribution in [2.75, 3.05) is 0 Å². The number of carbonyl (C=O) groups is 1. The van der Waals surface area contributed by atoms with E-state index in [1.54, 1.807) is 0 Å². The van der Waals surface area contributed by atoms with Crippen molar-refractivity contribution >= 4 is 5.91 Å². The lowest BCUT2D eigenvalue weighted by atomic mass is 10.3. The van der Waals surface area contributed by atoms with Gasteiger partial charge in [-0.2, -0.15) is 5.10 Å². The van der Waals surface area contributed by atoms with E-state index in [2.05, 4.69) is 20.7 Å². The lowest BCUT2D eigenvalue weighted by Gasteiger charge is -2.03. The number of H-pyrrole nitrogens is 1. The summed E-state index contributed by atoms with van der Waals surface area (Å²) in [6.45, 7) is 2.02. The maximum Gasteiger partial charge on any atom is 0.273 e. The fourth-order valence-corrected chi connectivity index (χ4v) is 2.04. The van der Waals surface area contributed by atoms with Crippen molar-refractivity contribution in [1.82, 2.24) is 20.7 Å². The zero-order chi connectivity index (χ0) is 17.8.